The molecule has 18 heteroatoms. The second-order valence-corrected chi connectivity index (χ2v) is 15.8. The van der Waals surface area contributed by atoms with Gasteiger partial charge in [0.2, 0.25) is 0 Å². The van der Waals surface area contributed by atoms with Gasteiger partial charge in [-0.25, -0.2) is 9.59 Å². The lowest BCUT2D eigenvalue weighted by Crippen LogP contribution is -2.43. The predicted molar refractivity (Wildman–Crippen MR) is 266 cm³/mol. The van der Waals surface area contributed by atoms with E-state index in [1.807, 2.05) is 48.5 Å². The van der Waals surface area contributed by atoms with Crippen LogP contribution in [0.2, 0.25) is 0 Å². The monoisotopic (exact) mass is 906 g/mol. The summed E-state index contributed by atoms with van der Waals surface area (Å²) in [7, 11) is 1.58. The van der Waals surface area contributed by atoms with Gasteiger partial charge in [0.05, 0.1) is 6.54 Å². The maximum Gasteiger partial charge on any atom is 0.314 e. The summed E-state index contributed by atoms with van der Waals surface area (Å²) in [5.74, 6) is -0.00306. The average molecular weight is 907 g/mol. The largest absolute Gasteiger partial charge is 0.362 e. The number of primary amides is 1. The van der Waals surface area contributed by atoms with Gasteiger partial charge in [-0.1, -0.05) is 51.0 Å². The molecule has 4 amide bonds. The van der Waals surface area contributed by atoms with Gasteiger partial charge in [0.25, 0.3) is 0 Å². The fraction of sp³-hybridized carbons (Fsp3) is 0.455. The number of carbonyl (C=O) groups excluding carboxylic acids is 3. The number of Topliss-reactive ketones (excluding diaryl/α,β-unsaturated/α-hetero) is 1. The van der Waals surface area contributed by atoms with Crippen molar-refractivity contribution in [1.29, 1.82) is 0 Å². The highest BCUT2D eigenvalue weighted by Gasteiger charge is 2.14. The number of amides is 4. The normalized spacial score (nSPS) is 10.7. The standard InChI is InChI=1S/C44H66N12O3S3/c1-4-33-10-16-36(17-11-33)52-43(61)50-25-30-56(31-26-51-44(62)53-37-18-12-34(5-2)13-19-37)32-39(57)35-14-20-38(21-15-35)54-42(60)49-22-8-6-7-9-27-55(28-23-47-40(45)58)29-24-48-41(59)46-3/h10-21H,4-9,22-32H2,1-3H3,(H3,45,47,58)(H2,46,48,59)(H2,49,54,60)(H2,50,52,61)(H2,51,53,62). The Labute approximate surface area is 383 Å². The molecule has 15 nitrogen and oxygen atoms in total. The summed E-state index contributed by atoms with van der Waals surface area (Å²) >= 11 is 16.6. The number of benzene rings is 3. The predicted octanol–water partition coefficient (Wildman–Crippen LogP) is 5.02. The van der Waals surface area contributed by atoms with Crippen molar-refractivity contribution in [2.45, 2.75) is 52.4 Å². The Hall–Kier alpha value is -5.14. The van der Waals surface area contributed by atoms with Crippen LogP contribution in [0.25, 0.3) is 0 Å². The maximum atomic E-state index is 13.6. The van der Waals surface area contributed by atoms with Crippen LogP contribution in [0.1, 0.15) is 61.0 Å². The summed E-state index contributed by atoms with van der Waals surface area (Å²) in [5.41, 5.74) is 10.9. The highest BCUT2D eigenvalue weighted by atomic mass is 32.1. The minimum absolute atomic E-state index is 0.00306. The van der Waals surface area contributed by atoms with E-state index in [4.69, 9.17) is 42.4 Å². The van der Waals surface area contributed by atoms with E-state index >= 15 is 0 Å². The van der Waals surface area contributed by atoms with Crippen molar-refractivity contribution >= 4 is 86.9 Å². The van der Waals surface area contributed by atoms with E-state index in [0.29, 0.717) is 73.3 Å². The Bertz CT molecular complexity index is 1770. The minimum atomic E-state index is -0.549. The number of rotatable bonds is 27. The fourth-order valence-corrected chi connectivity index (χ4v) is 6.90. The van der Waals surface area contributed by atoms with Gasteiger partial charge >= 0.3 is 12.1 Å². The average Bonchev–Trinajstić information content (AvgIpc) is 3.26. The van der Waals surface area contributed by atoms with Crippen molar-refractivity contribution in [3.05, 3.63) is 89.5 Å². The maximum absolute atomic E-state index is 13.6. The zero-order valence-electron chi connectivity index (χ0n) is 36.4. The Morgan fingerprint density at radius 1 is 0.516 bits per heavy atom. The van der Waals surface area contributed by atoms with Gasteiger partial charge in [-0.05, 0) is 129 Å². The topological polar surface area (TPSA) is 192 Å². The molecule has 0 atom stereocenters. The lowest BCUT2D eigenvalue weighted by atomic mass is 10.1. The van der Waals surface area contributed by atoms with Crippen molar-refractivity contribution in [1.82, 2.24) is 41.7 Å². The number of anilines is 3. The minimum Gasteiger partial charge on any atom is -0.362 e. The molecule has 3 rings (SSSR count). The molecule has 0 heterocycles. The summed E-state index contributed by atoms with van der Waals surface area (Å²) in [6, 6.07) is 23.0. The highest BCUT2D eigenvalue weighted by molar-refractivity contribution is 7.80. The molecular formula is C44H66N12O3S3. The van der Waals surface area contributed by atoms with E-state index in [1.165, 1.54) is 11.1 Å². The molecule has 3 aromatic carbocycles. The molecule has 0 aliphatic rings. The summed E-state index contributed by atoms with van der Waals surface area (Å²) in [6.07, 6.45) is 5.93. The summed E-state index contributed by atoms with van der Waals surface area (Å²) < 4.78 is 0. The number of aryl methyl sites for hydroxylation is 2. The van der Waals surface area contributed by atoms with Gasteiger partial charge < -0.3 is 53.6 Å². The Kier molecular flexibility index (Phi) is 24.8. The molecule has 338 valence electrons. The number of nitrogens with zero attached hydrogens (tertiary/aromatic N) is 2. The van der Waals surface area contributed by atoms with Crippen LogP contribution < -0.4 is 53.6 Å². The molecule has 0 aromatic heterocycles. The lowest BCUT2D eigenvalue weighted by molar-refractivity contribution is 0.0933. The van der Waals surface area contributed by atoms with E-state index in [9.17, 15) is 14.4 Å². The fourth-order valence-electron chi connectivity index (χ4n) is 6.24. The van der Waals surface area contributed by atoms with Crippen molar-refractivity contribution in [3.8, 4) is 0 Å². The van der Waals surface area contributed by atoms with Gasteiger partial charge in [-0.15, -0.1) is 0 Å². The van der Waals surface area contributed by atoms with Crippen molar-refractivity contribution in [2.24, 2.45) is 5.73 Å². The molecule has 0 aliphatic carbocycles. The van der Waals surface area contributed by atoms with Crippen LogP contribution in [-0.4, -0.2) is 122 Å². The Morgan fingerprint density at radius 2 is 0.935 bits per heavy atom. The van der Waals surface area contributed by atoms with Gasteiger partial charge in [-0.2, -0.15) is 0 Å². The van der Waals surface area contributed by atoms with Gasteiger partial charge in [-0.3, -0.25) is 14.6 Å². The molecule has 0 fully saturated rings. The van der Waals surface area contributed by atoms with Crippen LogP contribution in [0.4, 0.5) is 26.7 Å². The molecular weight excluding hydrogens is 841 g/mol. The molecule has 0 bridgehead atoms. The van der Waals surface area contributed by atoms with E-state index in [-0.39, 0.29) is 18.4 Å². The quantitative estimate of drug-likeness (QED) is 0.0279. The SMILES string of the molecule is CCc1ccc(NC(=S)NCCN(CCNC(=S)Nc2ccc(CC)cc2)CC(=O)c2ccc(NC(=S)NCCCCCCN(CCNC(N)=O)CCNC(=O)NC)cc2)cc1. The smallest absolute Gasteiger partial charge is 0.314 e. The van der Waals surface area contributed by atoms with E-state index in [2.05, 4.69) is 95.8 Å². The van der Waals surface area contributed by atoms with E-state index in [1.54, 1.807) is 7.05 Å². The van der Waals surface area contributed by atoms with Crippen LogP contribution in [0.3, 0.4) is 0 Å². The third kappa shape index (κ3) is 22.1. The number of urea groups is 2. The van der Waals surface area contributed by atoms with Crippen LogP contribution >= 0.6 is 36.7 Å². The number of carbonyl (C=O) groups is 3. The molecule has 0 saturated carbocycles. The first-order valence-corrected chi connectivity index (χ1v) is 22.6. The van der Waals surface area contributed by atoms with Gasteiger partial charge in [0.15, 0.2) is 21.1 Å². The van der Waals surface area contributed by atoms with Crippen LogP contribution in [-0.2, 0) is 12.8 Å². The van der Waals surface area contributed by atoms with Crippen molar-refractivity contribution in [3.63, 3.8) is 0 Å². The first-order valence-electron chi connectivity index (χ1n) is 21.4. The van der Waals surface area contributed by atoms with Crippen molar-refractivity contribution < 1.29 is 14.4 Å². The van der Waals surface area contributed by atoms with Crippen molar-refractivity contribution in [2.75, 3.05) is 95.0 Å². The lowest BCUT2D eigenvalue weighted by Gasteiger charge is -2.23. The third-order valence-electron chi connectivity index (χ3n) is 9.85. The third-order valence-corrected chi connectivity index (χ3v) is 10.6. The molecule has 11 N–H and O–H groups in total. The van der Waals surface area contributed by atoms with E-state index in [0.717, 1.165) is 68.7 Å². The van der Waals surface area contributed by atoms with Crippen LogP contribution in [0.15, 0.2) is 72.8 Å². The number of hydrogen-bond acceptors (Lipinski definition) is 8. The molecule has 0 radical (unpaired) electrons. The summed E-state index contributed by atoms with van der Waals surface area (Å²) in [5, 5.41) is 29.0. The molecule has 3 aromatic rings. The number of ketones is 1. The number of hydrogen-bond donors (Lipinski definition) is 10. The zero-order valence-corrected chi connectivity index (χ0v) is 38.8. The first kappa shape index (κ1) is 51.2. The molecule has 0 spiro atoms. The highest BCUT2D eigenvalue weighted by Crippen LogP contribution is 2.13. The Balaban J connectivity index is 1.43. The molecule has 62 heavy (non-hydrogen) atoms. The Morgan fingerprint density at radius 3 is 1.40 bits per heavy atom. The molecule has 0 aliphatic heterocycles. The van der Waals surface area contributed by atoms with Gasteiger partial charge in [0.1, 0.15) is 0 Å². The molecule has 0 unspecified atom stereocenters. The summed E-state index contributed by atoms with van der Waals surface area (Å²) in [4.78, 5) is 40.4. The number of unbranched alkanes of at least 4 members (excludes halogenated alkanes) is 3. The van der Waals surface area contributed by atoms with Gasteiger partial charge in [0, 0.05) is 88.6 Å². The second kappa shape index (κ2) is 30.0. The number of nitrogens with two attached hydrogens (primary N) is 1. The molecule has 0 saturated heterocycles. The summed E-state index contributed by atoms with van der Waals surface area (Å²) in [6.45, 7) is 10.6. The number of nitrogens with one attached hydrogen (secondary N) is 9. The van der Waals surface area contributed by atoms with E-state index < -0.39 is 6.03 Å². The van der Waals surface area contributed by atoms with Crippen LogP contribution in [0.5, 0.6) is 0 Å². The zero-order chi connectivity index (χ0) is 45.0. The van der Waals surface area contributed by atoms with Crippen LogP contribution in [0, 0.1) is 0 Å². The first-order chi connectivity index (χ1) is 30.0. The second-order valence-electron chi connectivity index (χ2n) is 14.6. The number of thiocarbonyl (C=S) groups is 3.